The van der Waals surface area contributed by atoms with Gasteiger partial charge in [-0.1, -0.05) is 11.6 Å². The van der Waals surface area contributed by atoms with Gasteiger partial charge in [-0.25, -0.2) is 9.78 Å². The summed E-state index contributed by atoms with van der Waals surface area (Å²) in [5.41, 5.74) is -0.871. The van der Waals surface area contributed by atoms with E-state index in [1.807, 2.05) is 4.90 Å². The number of halogens is 4. The fourth-order valence-corrected chi connectivity index (χ4v) is 3.70. The van der Waals surface area contributed by atoms with Crippen LogP contribution in [0, 0.1) is 0 Å². The van der Waals surface area contributed by atoms with E-state index < -0.39 is 11.7 Å². The van der Waals surface area contributed by atoms with Gasteiger partial charge in [-0.3, -0.25) is 0 Å². The van der Waals surface area contributed by atoms with Crippen molar-refractivity contribution < 1.29 is 22.7 Å². The molecule has 1 unspecified atom stereocenters. The molecule has 0 aliphatic carbocycles. The van der Waals surface area contributed by atoms with Crippen LogP contribution in [0.2, 0.25) is 5.02 Å². The fraction of sp³-hybridized carbons (Fsp3) is 0.647. The van der Waals surface area contributed by atoms with Gasteiger partial charge in [0, 0.05) is 39.4 Å². The predicted molar refractivity (Wildman–Crippen MR) is 95.0 cm³/mol. The number of piperidine rings is 1. The number of likely N-dealkylation sites (N-methyl/N-ethyl adjacent to an activating group) is 1. The molecule has 3 rings (SSSR count). The molecule has 2 fully saturated rings. The highest BCUT2D eigenvalue weighted by Gasteiger charge is 2.34. The Morgan fingerprint density at radius 1 is 1.33 bits per heavy atom. The lowest BCUT2D eigenvalue weighted by Gasteiger charge is -2.40. The molecule has 0 spiro atoms. The van der Waals surface area contributed by atoms with Crippen LogP contribution in [0.15, 0.2) is 12.3 Å². The summed E-state index contributed by atoms with van der Waals surface area (Å²) in [4.78, 5) is 21.9. The number of morpholine rings is 1. The molecule has 1 aromatic rings. The summed E-state index contributed by atoms with van der Waals surface area (Å²) in [6.07, 6.45) is -2.07. The minimum Gasteiger partial charge on any atom is -0.378 e. The molecule has 0 aromatic carbocycles. The fourth-order valence-electron chi connectivity index (χ4n) is 3.42. The highest BCUT2D eigenvalue weighted by Crippen LogP contribution is 2.34. The van der Waals surface area contributed by atoms with E-state index in [1.54, 1.807) is 16.8 Å². The standard InChI is InChI=1S/C17H22ClF3N4O2/c1-23(16(26)24-5-7-27-8-6-24)13-3-2-4-25(11-13)15-14(18)9-12(10-22-15)17(19,20)21/h9-10,13H,2-8,11H2,1H3. The largest absolute Gasteiger partial charge is 0.417 e. The third-order valence-electron chi connectivity index (χ3n) is 4.98. The van der Waals surface area contributed by atoms with Gasteiger partial charge in [0.25, 0.3) is 0 Å². The second-order valence-corrected chi connectivity index (χ2v) is 7.17. The zero-order chi connectivity index (χ0) is 19.6. The number of aromatic nitrogens is 1. The molecule has 2 aliphatic rings. The number of carbonyl (C=O) groups is 1. The first kappa shape index (κ1) is 20.0. The molecule has 0 bridgehead atoms. The van der Waals surface area contributed by atoms with Crippen LogP contribution in [0.1, 0.15) is 18.4 Å². The molecule has 0 N–H and O–H groups in total. The van der Waals surface area contributed by atoms with Crippen LogP contribution >= 0.6 is 11.6 Å². The number of anilines is 1. The van der Waals surface area contributed by atoms with Gasteiger partial charge in [0.2, 0.25) is 0 Å². The molecule has 6 nitrogen and oxygen atoms in total. The average Bonchev–Trinajstić information content (AvgIpc) is 2.67. The van der Waals surface area contributed by atoms with E-state index in [4.69, 9.17) is 16.3 Å². The number of alkyl halides is 3. The van der Waals surface area contributed by atoms with Crippen LogP contribution < -0.4 is 4.90 Å². The number of urea groups is 1. The molecule has 3 heterocycles. The molecule has 10 heteroatoms. The number of nitrogens with zero attached hydrogens (tertiary/aromatic N) is 4. The number of ether oxygens (including phenoxy) is 1. The summed E-state index contributed by atoms with van der Waals surface area (Å²) in [6, 6.07) is 0.779. The Kier molecular flexibility index (Phi) is 6.00. The van der Waals surface area contributed by atoms with E-state index >= 15 is 0 Å². The van der Waals surface area contributed by atoms with E-state index in [1.165, 1.54) is 0 Å². The number of hydrogen-bond donors (Lipinski definition) is 0. The maximum atomic E-state index is 12.8. The Bertz CT molecular complexity index is 683. The van der Waals surface area contributed by atoms with Crippen molar-refractivity contribution in [1.82, 2.24) is 14.8 Å². The van der Waals surface area contributed by atoms with Gasteiger partial charge in [0.05, 0.1) is 29.8 Å². The Balaban J connectivity index is 1.69. The van der Waals surface area contributed by atoms with Crippen LogP contribution in [0.25, 0.3) is 0 Å². The van der Waals surface area contributed by atoms with Crippen molar-refractivity contribution in [2.45, 2.75) is 25.1 Å². The van der Waals surface area contributed by atoms with Crippen molar-refractivity contribution in [3.05, 3.63) is 22.8 Å². The number of amides is 2. The van der Waals surface area contributed by atoms with Crippen molar-refractivity contribution in [3.8, 4) is 0 Å². The lowest BCUT2D eigenvalue weighted by atomic mass is 10.0. The van der Waals surface area contributed by atoms with Crippen molar-refractivity contribution in [1.29, 1.82) is 0 Å². The minimum absolute atomic E-state index is 0.0346. The van der Waals surface area contributed by atoms with Crippen LogP contribution in [0.3, 0.4) is 0 Å². The van der Waals surface area contributed by atoms with Gasteiger partial charge >= 0.3 is 12.2 Å². The van der Waals surface area contributed by atoms with Crippen molar-refractivity contribution in [2.24, 2.45) is 0 Å². The molecule has 27 heavy (non-hydrogen) atoms. The average molecular weight is 407 g/mol. The van der Waals surface area contributed by atoms with Gasteiger partial charge in [0.15, 0.2) is 0 Å². The Labute approximate surface area is 160 Å². The second kappa shape index (κ2) is 8.10. The maximum absolute atomic E-state index is 12.8. The zero-order valence-electron chi connectivity index (χ0n) is 15.0. The monoisotopic (exact) mass is 406 g/mol. The summed E-state index contributed by atoms with van der Waals surface area (Å²) < 4.78 is 43.7. The van der Waals surface area contributed by atoms with Gasteiger partial charge < -0.3 is 19.4 Å². The first-order valence-corrected chi connectivity index (χ1v) is 9.22. The van der Waals surface area contributed by atoms with E-state index in [0.717, 1.165) is 25.1 Å². The topological polar surface area (TPSA) is 48.9 Å². The van der Waals surface area contributed by atoms with E-state index in [-0.39, 0.29) is 17.1 Å². The van der Waals surface area contributed by atoms with E-state index in [0.29, 0.717) is 45.2 Å². The molecule has 2 aliphatic heterocycles. The summed E-state index contributed by atoms with van der Waals surface area (Å²) >= 11 is 6.07. The minimum atomic E-state index is -4.48. The molecule has 1 atom stereocenters. The quantitative estimate of drug-likeness (QED) is 0.757. The molecule has 2 amide bonds. The number of pyridine rings is 1. The summed E-state index contributed by atoms with van der Waals surface area (Å²) in [6.45, 7) is 3.29. The third-order valence-corrected chi connectivity index (χ3v) is 5.25. The smallest absolute Gasteiger partial charge is 0.378 e. The van der Waals surface area contributed by atoms with E-state index in [9.17, 15) is 18.0 Å². The number of rotatable bonds is 2. The molecule has 2 saturated heterocycles. The molecule has 0 radical (unpaired) electrons. The zero-order valence-corrected chi connectivity index (χ0v) is 15.8. The highest BCUT2D eigenvalue weighted by atomic mass is 35.5. The number of carbonyl (C=O) groups excluding carboxylic acids is 1. The second-order valence-electron chi connectivity index (χ2n) is 6.76. The Morgan fingerprint density at radius 3 is 2.67 bits per heavy atom. The molecule has 0 saturated carbocycles. The predicted octanol–water partition coefficient (Wildman–Crippen LogP) is 3.11. The summed E-state index contributed by atoms with van der Waals surface area (Å²) in [5, 5.41) is -0.0346. The Hall–Kier alpha value is -1.74. The third kappa shape index (κ3) is 4.57. The molecular formula is C17H22ClF3N4O2. The van der Waals surface area contributed by atoms with Crippen LogP contribution in [-0.4, -0.2) is 73.3 Å². The lowest BCUT2D eigenvalue weighted by Crippen LogP contribution is -2.54. The molecular weight excluding hydrogens is 385 g/mol. The lowest BCUT2D eigenvalue weighted by molar-refractivity contribution is -0.137. The highest BCUT2D eigenvalue weighted by molar-refractivity contribution is 6.33. The molecule has 150 valence electrons. The van der Waals surface area contributed by atoms with Crippen molar-refractivity contribution in [2.75, 3.05) is 51.3 Å². The normalized spacial score (nSPS) is 21.3. The van der Waals surface area contributed by atoms with Crippen LogP contribution in [0.4, 0.5) is 23.8 Å². The van der Waals surface area contributed by atoms with Crippen LogP contribution in [-0.2, 0) is 10.9 Å². The van der Waals surface area contributed by atoms with Gasteiger partial charge in [0.1, 0.15) is 5.82 Å². The number of hydrogen-bond acceptors (Lipinski definition) is 4. The first-order chi connectivity index (χ1) is 12.8. The summed E-state index contributed by atoms with van der Waals surface area (Å²) in [7, 11) is 1.76. The van der Waals surface area contributed by atoms with E-state index in [2.05, 4.69) is 4.98 Å². The van der Waals surface area contributed by atoms with Crippen LogP contribution in [0.5, 0.6) is 0 Å². The summed E-state index contributed by atoms with van der Waals surface area (Å²) in [5.74, 6) is 0.321. The van der Waals surface area contributed by atoms with Gasteiger partial charge in [-0.2, -0.15) is 13.2 Å². The van der Waals surface area contributed by atoms with Crippen molar-refractivity contribution in [3.63, 3.8) is 0 Å². The van der Waals surface area contributed by atoms with Gasteiger partial charge in [-0.05, 0) is 18.9 Å². The maximum Gasteiger partial charge on any atom is 0.417 e. The molecule has 1 aromatic heterocycles. The Morgan fingerprint density at radius 2 is 2.04 bits per heavy atom. The SMILES string of the molecule is CN(C(=O)N1CCOCC1)C1CCCN(c2ncc(C(F)(F)F)cc2Cl)C1. The first-order valence-electron chi connectivity index (χ1n) is 8.84. The van der Waals surface area contributed by atoms with Gasteiger partial charge in [-0.15, -0.1) is 0 Å². The van der Waals surface area contributed by atoms with Crippen molar-refractivity contribution >= 4 is 23.4 Å².